The number of para-hydroxylation sites is 1. The molecule has 5 aliphatic heterocycles. The largest absolute Gasteiger partial charge is 0.495 e. The van der Waals surface area contributed by atoms with Crippen LogP contribution in [-0.4, -0.2) is 165 Å². The van der Waals surface area contributed by atoms with E-state index in [2.05, 4.69) is 93.4 Å². The lowest BCUT2D eigenvalue weighted by Gasteiger charge is -2.14. The van der Waals surface area contributed by atoms with Crippen LogP contribution >= 0.6 is 134 Å². The van der Waals surface area contributed by atoms with Crippen LogP contribution in [0.3, 0.4) is 0 Å². The summed E-state index contributed by atoms with van der Waals surface area (Å²) in [5.74, 6) is 3.17. The van der Waals surface area contributed by atoms with Crippen LogP contribution in [0.1, 0.15) is 45.4 Å². The summed E-state index contributed by atoms with van der Waals surface area (Å²) in [5, 5.41) is 0.821. The van der Waals surface area contributed by atoms with Crippen LogP contribution in [0.25, 0.3) is 41.3 Å². The first-order chi connectivity index (χ1) is 58.7. The maximum Gasteiger partial charge on any atom is 0.293 e. The van der Waals surface area contributed by atoms with Gasteiger partial charge in [0.1, 0.15) is 23.9 Å². The molecule has 0 spiro atoms. The Morgan fingerprint density at radius 3 is 1.34 bits per heavy atom. The Kier molecular flexibility index (Phi) is 31.6. The summed E-state index contributed by atoms with van der Waals surface area (Å²) in [4.78, 5) is 143. The highest BCUT2D eigenvalue weighted by molar-refractivity contribution is 9.11. The molecule has 15 rings (SSSR count). The number of imide groups is 4. The van der Waals surface area contributed by atoms with Gasteiger partial charge >= 0.3 is 0 Å². The molecule has 0 saturated carbocycles. The molecule has 30 nitrogen and oxygen atoms in total. The molecule has 8 amide bonds. The van der Waals surface area contributed by atoms with E-state index in [-0.39, 0.29) is 82.5 Å². The molecule has 5 aromatic carbocycles. The monoisotopic (exact) mass is 2050 g/mol. The van der Waals surface area contributed by atoms with Crippen molar-refractivity contribution >= 4 is 251 Å². The van der Waals surface area contributed by atoms with Gasteiger partial charge in [-0.25, -0.2) is 4.98 Å². The van der Waals surface area contributed by atoms with E-state index < -0.39 is 15.9 Å². The molecular weight excluding hydrogens is 1990 g/mol. The van der Waals surface area contributed by atoms with Gasteiger partial charge in [-0.1, -0.05) is 75.9 Å². The lowest BCUT2D eigenvalue weighted by atomic mass is 10.1. The first-order valence-corrected chi connectivity index (χ1v) is 44.9. The number of hydrogen-bond acceptors (Lipinski definition) is 31. The number of sulfonamides is 1. The summed E-state index contributed by atoms with van der Waals surface area (Å²) in [6.07, 6.45) is 20.1. The van der Waals surface area contributed by atoms with Gasteiger partial charge in [-0.2, -0.15) is 8.42 Å². The fourth-order valence-corrected chi connectivity index (χ4v) is 18.6. The smallest absolute Gasteiger partial charge is 0.293 e. The number of pyridine rings is 4. The molecule has 41 heteroatoms. The zero-order valence-corrected chi connectivity index (χ0v) is 77.6. The zero-order chi connectivity index (χ0) is 88.7. The number of nitrogen functional groups attached to an aromatic ring is 1. The highest BCUT2D eigenvalue weighted by Gasteiger charge is 2.36. The Bertz CT molecular complexity index is 6200. The second-order valence-electron chi connectivity index (χ2n) is 25.4. The number of nitrogens with two attached hydrogens (primary N) is 1. The van der Waals surface area contributed by atoms with Crippen LogP contribution < -0.4 is 43.6 Å². The first-order valence-electron chi connectivity index (χ1n) is 35.3. The average Bonchev–Trinajstić information content (AvgIpc) is 1.75. The van der Waals surface area contributed by atoms with Crippen LogP contribution in [-0.2, 0) is 45.4 Å². The van der Waals surface area contributed by atoms with Crippen LogP contribution in [0.2, 0.25) is 0 Å². The molecule has 0 atom stereocenters. The highest BCUT2D eigenvalue weighted by atomic mass is 79.9. The van der Waals surface area contributed by atoms with Gasteiger partial charge in [0, 0.05) is 100 Å². The average molecular weight is 2050 g/mol. The van der Waals surface area contributed by atoms with Gasteiger partial charge in [0.15, 0.2) is 50.4 Å². The van der Waals surface area contributed by atoms with E-state index in [1.165, 1.54) is 59.9 Å². The Morgan fingerprint density at radius 1 is 0.472 bits per heavy atom. The predicted octanol–water partition coefficient (Wildman–Crippen LogP) is 18.8. The number of amides is 8. The quantitative estimate of drug-likeness (QED) is 0.0561. The number of hydrogen-bond donors (Lipinski definition) is 2. The first kappa shape index (κ1) is 92.7. The van der Waals surface area contributed by atoms with Crippen molar-refractivity contribution in [2.75, 3.05) is 67.1 Å². The van der Waals surface area contributed by atoms with Crippen molar-refractivity contribution in [3.63, 3.8) is 0 Å². The number of ether oxygens (including phenoxy) is 7. The third-order valence-electron chi connectivity index (χ3n) is 17.3. The number of carbonyl (C=O) groups is 10. The lowest BCUT2D eigenvalue weighted by Crippen LogP contribution is -2.22. The number of thioether (sulfide) groups is 5. The number of ketones is 1. The Morgan fingerprint density at radius 2 is 0.902 bits per heavy atom. The number of Topliss-reactive ketones (excluding diaryl/α,β-unsaturated/α-hetero) is 1. The number of thiazole rings is 1. The number of halogens is 4. The number of likely N-dealkylation sites (N-methyl/N-ethyl adjacent to an activating group) is 4. The second kappa shape index (κ2) is 41.9. The highest BCUT2D eigenvalue weighted by Crippen LogP contribution is 2.45. The van der Waals surface area contributed by atoms with Gasteiger partial charge in [0.2, 0.25) is 5.12 Å². The fraction of sp³-hybridized carbons (Fsp3) is 0.134. The van der Waals surface area contributed by atoms with E-state index in [4.69, 9.17) is 38.9 Å². The molecule has 5 fully saturated rings. The number of rotatable bonds is 19. The number of benzene rings is 5. The normalized spacial score (nSPS) is 16.1. The number of nitrogens with zero attached hydrogens (tertiary/aromatic N) is 9. The van der Waals surface area contributed by atoms with Crippen molar-refractivity contribution in [2.45, 2.75) is 25.0 Å². The number of aryl methyl sites for hydroxylation is 1. The SMILES string of the molecule is COc1cc(/C=C2\SC(=O)N(C)C2=O)c(Br)cc1NS(=O)(=O)c1csc(N)n1.COc1cc(/C=C2\SC(=O)N(C)C2=O)c(Br)cc1OCc1ccncc1.COc1cc(/C=C2\SC(=O)N(C)C2=O)c(Br)cc1Oc1ccnc2ccccc12.COc1cc(/C=C2\SC(=O)N(C)C2=O)c(Br)cc1Oc1ccncc1.Cc1cnccc1/C=C1\SC(=O)CC1=O. The topological polar surface area (TPSA) is 385 Å². The number of methoxy groups -OCH3 is 4. The Labute approximate surface area is 761 Å². The van der Waals surface area contributed by atoms with Gasteiger partial charge in [0.25, 0.3) is 54.6 Å². The molecule has 3 N–H and O–H groups in total. The molecule has 5 aliphatic rings. The molecule has 0 unspecified atom stereocenters. The van der Waals surface area contributed by atoms with Gasteiger partial charge in [0.05, 0.1) is 70.6 Å². The van der Waals surface area contributed by atoms with E-state index in [0.717, 1.165) is 127 Å². The van der Waals surface area contributed by atoms with Crippen LogP contribution in [0.15, 0.2) is 205 Å². The van der Waals surface area contributed by atoms with E-state index in [1.54, 1.807) is 143 Å². The van der Waals surface area contributed by atoms with Crippen molar-refractivity contribution in [3.8, 4) is 51.7 Å². The summed E-state index contributed by atoms with van der Waals surface area (Å²) >= 11 is 19.4. The second-order valence-corrected chi connectivity index (χ2v) is 36.4. The number of fused-ring (bicyclic) bond motifs is 1. The number of carbonyl (C=O) groups excluding carboxylic acids is 10. The maximum atomic E-state index is 12.5. The molecule has 10 aromatic rings. The minimum atomic E-state index is -3.96. The van der Waals surface area contributed by atoms with E-state index in [9.17, 15) is 56.4 Å². The van der Waals surface area contributed by atoms with Gasteiger partial charge in [-0.3, -0.25) is 92.2 Å². The summed E-state index contributed by atoms with van der Waals surface area (Å²) in [5.41, 5.74) is 12.1. The van der Waals surface area contributed by atoms with Gasteiger partial charge in [-0.05, 0) is 232 Å². The zero-order valence-electron chi connectivity index (χ0n) is 65.5. The lowest BCUT2D eigenvalue weighted by molar-refractivity contribution is -0.122. The number of aromatic nitrogens is 5. The Balaban J connectivity index is 0.000000152. The van der Waals surface area contributed by atoms with Crippen molar-refractivity contribution in [3.05, 3.63) is 239 Å². The molecule has 632 valence electrons. The third kappa shape index (κ3) is 23.3. The minimum Gasteiger partial charge on any atom is -0.495 e. The van der Waals surface area contributed by atoms with E-state index >= 15 is 0 Å². The predicted molar refractivity (Wildman–Crippen MR) is 489 cm³/mol. The van der Waals surface area contributed by atoms with Gasteiger partial charge in [-0.15, -0.1) is 11.3 Å². The molecule has 123 heavy (non-hydrogen) atoms. The third-order valence-corrected chi connectivity index (χ3v) is 26.9. The Hall–Kier alpha value is -11.0. The number of anilines is 2. The fourth-order valence-electron chi connectivity index (χ4n) is 10.8. The standard InChI is InChI=1S/C21H15BrN2O4S.C18H15BrN2O4S.C17H13BrN2O4S.C15H13BrN4O5S3.C11H9NO2S/c1-24-20(25)19(29-21(24)26)10-12-9-17(27-2)18(11-14(12)22)28-16-7-8-23-15-6-4-3-5-13(15)16;1-21-17(22)16(26-18(21)23)8-12-7-14(24-2)15(9-13(12)19)25-10-11-3-5-20-6-4-11;1-20-16(21)15(25-17(20)22)8-10-7-13(23-2)14(9-12(10)18)24-11-3-5-19-6-4-11;1-20-13(21)11(27-15(20)22)4-7-3-10(25-2)9(5-8(7)16)19-28(23,24)12-6-26-14(17)18-12;1-7-6-12-3-2-8(7)4-10-9(13)5-11(14)15-10/h3-11H,1-2H3;3-9H,10H2,1-2H3;3-9H,1-2H3;3-6,19H,1-2H3,(H2,17,18);2-4,6H,5H2,1H3/b19-10-;16-8-;15-8-;11-4-;10-4-. The van der Waals surface area contributed by atoms with Crippen molar-refractivity contribution in [1.29, 1.82) is 0 Å². The van der Waals surface area contributed by atoms with Crippen molar-refractivity contribution in [1.82, 2.24) is 44.5 Å². The van der Waals surface area contributed by atoms with Crippen LogP contribution in [0, 0.1) is 6.92 Å². The molecule has 5 aromatic heterocycles. The molecule has 10 heterocycles. The molecule has 0 aliphatic carbocycles. The van der Waals surface area contributed by atoms with Crippen molar-refractivity contribution < 1.29 is 89.5 Å². The van der Waals surface area contributed by atoms with Gasteiger partial charge < -0.3 is 38.9 Å². The molecule has 0 bridgehead atoms. The van der Waals surface area contributed by atoms with E-state index in [1.807, 2.05) is 49.4 Å². The van der Waals surface area contributed by atoms with Crippen LogP contribution in [0.4, 0.5) is 30.0 Å². The number of allylic oxidation sites excluding steroid dienone is 1. The minimum absolute atomic E-state index is 0.0284. The van der Waals surface area contributed by atoms with E-state index in [0.29, 0.717) is 102 Å². The van der Waals surface area contributed by atoms with Crippen molar-refractivity contribution in [2.24, 2.45) is 0 Å². The maximum absolute atomic E-state index is 12.5. The number of nitrogens with one attached hydrogen (secondary N) is 1. The molecular formula is C82H65Br4N11O19S7. The summed E-state index contributed by atoms with van der Waals surface area (Å²) in [6.45, 7) is 2.30. The summed E-state index contributed by atoms with van der Waals surface area (Å²) in [6, 6.07) is 32.1. The summed E-state index contributed by atoms with van der Waals surface area (Å²) < 4.78 is 69.3. The molecule has 0 radical (unpaired) electrons. The van der Waals surface area contributed by atoms with Crippen LogP contribution in [0.5, 0.6) is 51.7 Å². The summed E-state index contributed by atoms with van der Waals surface area (Å²) in [7, 11) is 7.83. The molecule has 5 saturated heterocycles.